The number of hydrogen-bond acceptors (Lipinski definition) is 5. The number of carbonyl (C=O) groups is 1. The Balaban J connectivity index is 1.60. The lowest BCUT2D eigenvalue weighted by Crippen LogP contribution is -2.54. The van der Waals surface area contributed by atoms with Crippen molar-refractivity contribution in [3.8, 4) is 0 Å². The normalized spacial score (nSPS) is 30.9. The van der Waals surface area contributed by atoms with Crippen molar-refractivity contribution in [2.24, 2.45) is 28.1 Å². The van der Waals surface area contributed by atoms with Crippen LogP contribution in [0.2, 0.25) is 0 Å². The van der Waals surface area contributed by atoms with Crippen LogP contribution in [0, 0.1) is 27.2 Å². The lowest BCUT2D eigenvalue weighted by Gasteiger charge is -2.44. The molecule has 2 heterocycles. The Morgan fingerprint density at radius 3 is 2.77 bits per heavy atom. The molecule has 2 N–H and O–H groups in total. The first kappa shape index (κ1) is 21.2. The monoisotopic (exact) mass is 555 g/mol. The van der Waals surface area contributed by atoms with Crippen molar-refractivity contribution in [2.75, 3.05) is 11.9 Å². The number of carbonyl (C=O) groups excluding carboxylic acids is 1. The lowest BCUT2D eigenvalue weighted by molar-refractivity contribution is -0.133. The first-order valence-corrected chi connectivity index (χ1v) is 13.3. The highest BCUT2D eigenvalue weighted by molar-refractivity contribution is 14.1. The zero-order valence-electron chi connectivity index (χ0n) is 17.5. The zero-order chi connectivity index (χ0) is 22.1. The second-order valence-corrected chi connectivity index (χ2v) is 12.3. The fraction of sp³-hybridized carbons (Fsp3) is 0.545. The molecule has 7 nitrogen and oxygen atoms in total. The third-order valence-corrected chi connectivity index (χ3v) is 9.14. The number of fused-ring (bicyclic) bond motifs is 6. The van der Waals surface area contributed by atoms with E-state index in [4.69, 9.17) is 0 Å². The van der Waals surface area contributed by atoms with Gasteiger partial charge in [-0.1, -0.05) is 13.8 Å². The Labute approximate surface area is 196 Å². The van der Waals surface area contributed by atoms with E-state index in [9.17, 15) is 18.3 Å². The molecule has 31 heavy (non-hydrogen) atoms. The molecule has 1 aromatic rings. The number of anilines is 1. The third kappa shape index (κ3) is 3.39. The molecule has 2 aliphatic heterocycles. The molecule has 0 spiro atoms. The van der Waals surface area contributed by atoms with Crippen LogP contribution in [-0.4, -0.2) is 42.8 Å². The summed E-state index contributed by atoms with van der Waals surface area (Å²) in [4.78, 5) is 15.6. The lowest BCUT2D eigenvalue weighted by atomic mass is 9.77. The van der Waals surface area contributed by atoms with E-state index in [2.05, 4.69) is 46.2 Å². The number of nitrogens with one attached hydrogen (secondary N) is 1. The minimum absolute atomic E-state index is 0.00316. The van der Waals surface area contributed by atoms with Gasteiger partial charge in [0.15, 0.2) is 5.84 Å². The van der Waals surface area contributed by atoms with Gasteiger partial charge in [-0.2, -0.15) is 8.42 Å². The number of amidine groups is 1. The second kappa shape index (κ2) is 7.47. The predicted octanol–water partition coefficient (Wildman–Crippen LogP) is 3.92. The highest BCUT2D eigenvalue weighted by Crippen LogP contribution is 2.55. The molecule has 166 valence electrons. The molecule has 0 saturated heterocycles. The minimum Gasteiger partial charge on any atom is -0.511 e. The average Bonchev–Trinajstić information content (AvgIpc) is 3.30. The summed E-state index contributed by atoms with van der Waals surface area (Å²) in [5.74, 6) is 0.668. The summed E-state index contributed by atoms with van der Waals surface area (Å²) in [7, 11) is -3.98. The average molecular weight is 555 g/mol. The number of amides is 1. The van der Waals surface area contributed by atoms with E-state index in [1.165, 1.54) is 0 Å². The van der Waals surface area contributed by atoms with Crippen LogP contribution in [0.3, 0.4) is 0 Å². The van der Waals surface area contributed by atoms with Gasteiger partial charge in [0.25, 0.3) is 15.9 Å². The first-order valence-electron chi connectivity index (χ1n) is 10.8. The number of halogens is 1. The second-order valence-electron chi connectivity index (χ2n) is 9.47. The Kier molecular flexibility index (Phi) is 5.12. The molecule has 9 heteroatoms. The highest BCUT2D eigenvalue weighted by Gasteiger charge is 2.57. The van der Waals surface area contributed by atoms with Gasteiger partial charge < -0.3 is 15.3 Å². The third-order valence-electron chi connectivity index (χ3n) is 7.15. The number of aliphatic hydroxyl groups excluding tert-OH is 1. The number of hydrogen-bond donors (Lipinski definition) is 2. The molecule has 1 aromatic carbocycles. The molecule has 2 fully saturated rings. The maximum Gasteiger partial charge on any atom is 0.286 e. The Hall–Kier alpha value is -1.62. The van der Waals surface area contributed by atoms with Gasteiger partial charge in [-0.3, -0.25) is 4.79 Å². The van der Waals surface area contributed by atoms with Crippen LogP contribution in [0.4, 0.5) is 5.69 Å². The number of nitrogens with zero attached hydrogens (tertiary/aromatic N) is 2. The molecule has 5 rings (SSSR count). The van der Waals surface area contributed by atoms with Gasteiger partial charge in [0.2, 0.25) is 0 Å². The van der Waals surface area contributed by atoms with Crippen LogP contribution in [-0.2, 0) is 14.8 Å². The molecule has 2 aliphatic carbocycles. The van der Waals surface area contributed by atoms with E-state index in [1.807, 2.05) is 4.90 Å². The number of rotatable bonds is 4. The maximum atomic E-state index is 13.6. The van der Waals surface area contributed by atoms with E-state index < -0.39 is 10.0 Å². The van der Waals surface area contributed by atoms with Gasteiger partial charge in [-0.15, -0.1) is 4.40 Å². The minimum atomic E-state index is -3.98. The van der Waals surface area contributed by atoms with Crippen molar-refractivity contribution in [3.05, 3.63) is 33.1 Å². The fourth-order valence-electron chi connectivity index (χ4n) is 5.76. The van der Waals surface area contributed by atoms with Crippen molar-refractivity contribution in [3.63, 3.8) is 0 Å². The van der Waals surface area contributed by atoms with E-state index in [-0.39, 0.29) is 39.9 Å². The molecule has 0 radical (unpaired) electrons. The molecule has 2 bridgehead atoms. The van der Waals surface area contributed by atoms with Crippen molar-refractivity contribution in [1.82, 2.24) is 4.90 Å². The maximum absolute atomic E-state index is 13.6. The smallest absolute Gasteiger partial charge is 0.286 e. The summed E-state index contributed by atoms with van der Waals surface area (Å²) in [5.41, 5.74) is 0.396. The molecular weight excluding hydrogens is 529 g/mol. The highest BCUT2D eigenvalue weighted by atomic mass is 127. The van der Waals surface area contributed by atoms with Crippen LogP contribution in [0.25, 0.3) is 0 Å². The van der Waals surface area contributed by atoms with Crippen molar-refractivity contribution >= 4 is 50.0 Å². The summed E-state index contributed by atoms with van der Waals surface area (Å²) in [5, 5.41) is 14.3. The molecule has 4 atom stereocenters. The quantitative estimate of drug-likeness (QED) is 0.549. The molecule has 4 aliphatic rings. The van der Waals surface area contributed by atoms with Crippen LogP contribution in [0.1, 0.15) is 39.5 Å². The molecule has 0 aromatic heterocycles. The summed E-state index contributed by atoms with van der Waals surface area (Å²) in [6.07, 6.45) is 3.99. The van der Waals surface area contributed by atoms with E-state index >= 15 is 0 Å². The van der Waals surface area contributed by atoms with Gasteiger partial charge >= 0.3 is 0 Å². The van der Waals surface area contributed by atoms with Crippen LogP contribution in [0.5, 0.6) is 0 Å². The largest absolute Gasteiger partial charge is 0.511 e. The van der Waals surface area contributed by atoms with Gasteiger partial charge in [0.05, 0.1) is 5.69 Å². The number of aliphatic hydroxyl groups is 1. The molecule has 1 amide bonds. The van der Waals surface area contributed by atoms with Crippen LogP contribution in [0.15, 0.2) is 38.8 Å². The van der Waals surface area contributed by atoms with Crippen molar-refractivity contribution in [1.29, 1.82) is 0 Å². The Morgan fingerprint density at radius 2 is 2.03 bits per heavy atom. The summed E-state index contributed by atoms with van der Waals surface area (Å²) in [6, 6.07) is 5.02. The van der Waals surface area contributed by atoms with Crippen molar-refractivity contribution < 1.29 is 18.3 Å². The molecular formula is C22H26IN3O4S. The van der Waals surface area contributed by atoms with E-state index in [0.717, 1.165) is 29.3 Å². The summed E-state index contributed by atoms with van der Waals surface area (Å²) >= 11 is 2.05. The number of sulfonamides is 1. The standard InChI is InChI=1S/C22H26IN3O4S/c1-11(2)7-8-26-19-13-4-3-12(9-13)17(19)20(27)18(22(26)28)21-24-15-6-5-14(23)10-16(15)31(29,30)25-21/h5-6,10-13,17,19,27H,3-4,7-9H2,1-2H3,(H,24,25)/t12-,13+,17-,19-/m0/s1. The van der Waals surface area contributed by atoms with Crippen LogP contribution >= 0.6 is 22.6 Å². The topological polar surface area (TPSA) is 99.1 Å². The van der Waals surface area contributed by atoms with Crippen molar-refractivity contribution in [2.45, 2.75) is 50.5 Å². The molecule has 0 unspecified atom stereocenters. The van der Waals surface area contributed by atoms with Gasteiger partial charge in [-0.25, -0.2) is 0 Å². The zero-order valence-corrected chi connectivity index (χ0v) is 20.5. The van der Waals surface area contributed by atoms with Gasteiger partial charge in [0.1, 0.15) is 16.2 Å². The Bertz CT molecular complexity index is 1130. The SMILES string of the molecule is CC(C)CCN1C(=O)C(C2=NS(=O)(=O)c3cc(I)ccc3N2)=C(O)[C@H]2[C@H]3CC[C@H](C3)[C@@H]21. The van der Waals surface area contributed by atoms with Gasteiger partial charge in [-0.05, 0) is 84.2 Å². The summed E-state index contributed by atoms with van der Waals surface area (Å²) in [6.45, 7) is 4.85. The van der Waals surface area contributed by atoms with E-state index in [0.29, 0.717) is 30.0 Å². The molecule has 2 saturated carbocycles. The first-order chi connectivity index (χ1) is 14.7. The Morgan fingerprint density at radius 1 is 1.29 bits per heavy atom. The van der Waals surface area contributed by atoms with E-state index in [1.54, 1.807) is 18.2 Å². The fourth-order valence-corrected chi connectivity index (χ4v) is 7.61. The predicted molar refractivity (Wildman–Crippen MR) is 126 cm³/mol. The van der Waals surface area contributed by atoms with Gasteiger partial charge in [0, 0.05) is 22.1 Å². The number of benzene rings is 1. The summed E-state index contributed by atoms with van der Waals surface area (Å²) < 4.78 is 30.5. The van der Waals surface area contributed by atoms with Crippen LogP contribution < -0.4 is 5.32 Å².